The fourth-order valence-corrected chi connectivity index (χ4v) is 6.11. The van der Waals surface area contributed by atoms with Gasteiger partial charge in [0.25, 0.3) is 0 Å². The largest absolute Gasteiger partial charge is 0.390 e. The molecule has 0 aromatic heterocycles. The molecule has 5 unspecified atom stereocenters. The van der Waals surface area contributed by atoms with Gasteiger partial charge in [-0.1, -0.05) is 69.4 Å². The Kier molecular flexibility index (Phi) is 18.1. The van der Waals surface area contributed by atoms with Crippen LogP contribution in [0.3, 0.4) is 0 Å². The molecule has 1 aromatic rings. The number of carbonyl (C=O) groups is 3. The van der Waals surface area contributed by atoms with Gasteiger partial charge in [-0.2, -0.15) is 0 Å². The van der Waals surface area contributed by atoms with Crippen LogP contribution in [0.2, 0.25) is 0 Å². The van der Waals surface area contributed by atoms with Gasteiger partial charge in [0.1, 0.15) is 18.9 Å². The summed E-state index contributed by atoms with van der Waals surface area (Å²) in [5.74, 6) is 2.57. The SMILES string of the molecule is C#CCCC(O)C(O)C(CC1CCCCC1)NC(=O)[C@@H](NC(=O)C(CC(=O)N(C)CCN(C)CF)Cc1ccccc1)C(C#C)CC. The van der Waals surface area contributed by atoms with Crippen molar-refractivity contribution in [2.24, 2.45) is 17.8 Å². The van der Waals surface area contributed by atoms with E-state index in [-0.39, 0.29) is 44.1 Å². The number of carbonyl (C=O) groups excluding carboxylic acids is 3. The van der Waals surface area contributed by atoms with Crippen LogP contribution in [0.1, 0.15) is 76.7 Å². The van der Waals surface area contributed by atoms with E-state index in [9.17, 15) is 29.0 Å². The molecule has 0 bridgehead atoms. The van der Waals surface area contributed by atoms with Crippen LogP contribution in [0.25, 0.3) is 0 Å². The summed E-state index contributed by atoms with van der Waals surface area (Å²) in [4.78, 5) is 44.0. The van der Waals surface area contributed by atoms with Gasteiger partial charge in [-0.25, -0.2) is 4.39 Å². The Labute approximate surface area is 281 Å². The van der Waals surface area contributed by atoms with Gasteiger partial charge < -0.3 is 25.7 Å². The third-order valence-corrected chi connectivity index (χ3v) is 9.23. The Morgan fingerprint density at radius 1 is 1.02 bits per heavy atom. The summed E-state index contributed by atoms with van der Waals surface area (Å²) in [5.41, 5.74) is 0.849. The van der Waals surface area contributed by atoms with E-state index in [0.29, 0.717) is 19.4 Å². The molecular weight excluding hydrogens is 599 g/mol. The first-order chi connectivity index (χ1) is 22.5. The van der Waals surface area contributed by atoms with Crippen molar-refractivity contribution in [2.45, 2.75) is 102 Å². The molecule has 3 amide bonds. The topological polar surface area (TPSA) is 122 Å². The first kappa shape index (κ1) is 39.7. The number of aliphatic hydroxyl groups is 2. The van der Waals surface area contributed by atoms with Crippen LogP contribution in [-0.2, 0) is 20.8 Å². The van der Waals surface area contributed by atoms with Gasteiger partial charge in [0, 0.05) is 38.9 Å². The Bertz CT molecular complexity index is 1180. The van der Waals surface area contributed by atoms with E-state index in [2.05, 4.69) is 22.5 Å². The molecule has 0 heterocycles. The van der Waals surface area contributed by atoms with E-state index in [0.717, 1.165) is 37.7 Å². The second kappa shape index (κ2) is 21.4. The van der Waals surface area contributed by atoms with E-state index in [1.165, 1.54) is 9.80 Å². The van der Waals surface area contributed by atoms with Gasteiger partial charge in [0.2, 0.25) is 17.7 Å². The summed E-state index contributed by atoms with van der Waals surface area (Å²) in [5, 5.41) is 27.7. The highest BCUT2D eigenvalue weighted by Crippen LogP contribution is 2.29. The van der Waals surface area contributed by atoms with E-state index >= 15 is 0 Å². The average molecular weight is 655 g/mol. The predicted octanol–water partition coefficient (Wildman–Crippen LogP) is 3.29. The lowest BCUT2D eigenvalue weighted by Gasteiger charge is -2.34. The summed E-state index contributed by atoms with van der Waals surface area (Å²) in [6.45, 7) is 1.81. The van der Waals surface area contributed by atoms with Crippen molar-refractivity contribution in [3.05, 3.63) is 35.9 Å². The molecule has 47 heavy (non-hydrogen) atoms. The number of rotatable bonds is 20. The standard InChI is InChI=1S/C37H55FN4O5/c1-6-9-20-32(43)35(45)31(24-28-18-14-11-15-19-28)39-37(47)34(29(7-2)8-3)40-36(46)30(23-27-16-12-10-13-17-27)25-33(44)42(5)22-21-41(4)26-38/h1-2,10,12-13,16-17,28-32,34-35,43,45H,8-9,11,14-15,18-26H2,3-5H3,(H,39,47)(H,40,46)/t29?,30?,31?,32?,34-,35?/m0/s1. The van der Waals surface area contributed by atoms with Crippen molar-refractivity contribution in [1.29, 1.82) is 0 Å². The van der Waals surface area contributed by atoms with E-state index in [1.807, 2.05) is 37.3 Å². The van der Waals surface area contributed by atoms with Crippen LogP contribution in [0.5, 0.6) is 0 Å². The monoisotopic (exact) mass is 654 g/mol. The second-order valence-corrected chi connectivity index (χ2v) is 12.9. The lowest BCUT2D eigenvalue weighted by atomic mass is 9.82. The molecule has 0 spiro atoms. The molecule has 0 aliphatic heterocycles. The number of hydrogen-bond acceptors (Lipinski definition) is 6. The van der Waals surface area contributed by atoms with Crippen LogP contribution < -0.4 is 10.6 Å². The molecule has 1 aliphatic rings. The molecule has 1 aliphatic carbocycles. The number of aliphatic hydroxyl groups excluding tert-OH is 2. The maximum absolute atomic E-state index is 14.0. The van der Waals surface area contributed by atoms with E-state index < -0.39 is 54.7 Å². The van der Waals surface area contributed by atoms with E-state index in [1.54, 1.807) is 14.1 Å². The molecule has 260 valence electrons. The molecule has 10 heteroatoms. The maximum Gasteiger partial charge on any atom is 0.244 e. The van der Waals surface area contributed by atoms with Gasteiger partial charge in [-0.05, 0) is 44.2 Å². The fourth-order valence-electron chi connectivity index (χ4n) is 6.11. The van der Waals surface area contributed by atoms with Gasteiger partial charge in [0.05, 0.1) is 18.1 Å². The zero-order valence-corrected chi connectivity index (χ0v) is 28.4. The summed E-state index contributed by atoms with van der Waals surface area (Å²) in [7, 11) is 3.23. The molecule has 2 rings (SSSR count). The first-order valence-corrected chi connectivity index (χ1v) is 16.9. The normalized spacial score (nSPS) is 17.3. The van der Waals surface area contributed by atoms with Crippen LogP contribution in [0.4, 0.5) is 4.39 Å². The number of nitrogens with zero attached hydrogens (tertiary/aromatic N) is 2. The molecule has 9 nitrogen and oxygen atoms in total. The highest BCUT2D eigenvalue weighted by Gasteiger charge is 2.36. The van der Waals surface area contributed by atoms with Crippen molar-refractivity contribution in [3.8, 4) is 24.7 Å². The van der Waals surface area contributed by atoms with Crippen molar-refractivity contribution in [1.82, 2.24) is 20.4 Å². The number of benzene rings is 1. The van der Waals surface area contributed by atoms with E-state index in [4.69, 9.17) is 12.8 Å². The highest BCUT2D eigenvalue weighted by atomic mass is 19.1. The Hall–Kier alpha value is -3.44. The number of amides is 3. The smallest absolute Gasteiger partial charge is 0.244 e. The Morgan fingerprint density at radius 3 is 2.30 bits per heavy atom. The van der Waals surface area contributed by atoms with Crippen molar-refractivity contribution >= 4 is 17.7 Å². The predicted molar refractivity (Wildman–Crippen MR) is 182 cm³/mol. The molecule has 1 fully saturated rings. The zero-order valence-electron chi connectivity index (χ0n) is 28.4. The van der Waals surface area contributed by atoms with Gasteiger partial charge >= 0.3 is 0 Å². The average Bonchev–Trinajstić information content (AvgIpc) is 3.09. The third-order valence-electron chi connectivity index (χ3n) is 9.23. The minimum Gasteiger partial charge on any atom is -0.390 e. The highest BCUT2D eigenvalue weighted by molar-refractivity contribution is 5.91. The summed E-state index contributed by atoms with van der Waals surface area (Å²) in [6, 6.07) is 7.39. The summed E-state index contributed by atoms with van der Waals surface area (Å²) < 4.78 is 12.9. The number of alkyl halides is 1. The summed E-state index contributed by atoms with van der Waals surface area (Å²) >= 11 is 0. The molecule has 4 N–H and O–H groups in total. The fraction of sp³-hybridized carbons (Fsp3) is 0.649. The number of likely N-dealkylation sites (N-methyl/N-ethyl adjacent to an activating group) is 2. The summed E-state index contributed by atoms with van der Waals surface area (Å²) in [6.07, 6.45) is 15.5. The van der Waals surface area contributed by atoms with Crippen LogP contribution in [0, 0.1) is 42.4 Å². The molecule has 0 radical (unpaired) electrons. The lowest BCUT2D eigenvalue weighted by molar-refractivity contribution is -0.137. The van der Waals surface area contributed by atoms with Crippen molar-refractivity contribution in [3.63, 3.8) is 0 Å². The van der Waals surface area contributed by atoms with Crippen molar-refractivity contribution in [2.75, 3.05) is 34.0 Å². The quantitative estimate of drug-likeness (QED) is 0.127. The van der Waals surface area contributed by atoms with Gasteiger partial charge in [-0.3, -0.25) is 19.3 Å². The molecule has 1 aromatic carbocycles. The molecule has 6 atom stereocenters. The van der Waals surface area contributed by atoms with Crippen LogP contribution in [0.15, 0.2) is 30.3 Å². The minimum absolute atomic E-state index is 0.123. The molecule has 1 saturated carbocycles. The Morgan fingerprint density at radius 2 is 1.70 bits per heavy atom. The zero-order chi connectivity index (χ0) is 34.8. The second-order valence-electron chi connectivity index (χ2n) is 12.9. The first-order valence-electron chi connectivity index (χ1n) is 16.9. The number of halogens is 1. The van der Waals surface area contributed by atoms with Crippen LogP contribution in [-0.4, -0.2) is 96.0 Å². The van der Waals surface area contributed by atoms with Crippen molar-refractivity contribution < 1.29 is 29.0 Å². The number of hydrogen-bond donors (Lipinski definition) is 4. The van der Waals surface area contributed by atoms with Gasteiger partial charge in [-0.15, -0.1) is 24.7 Å². The third kappa shape index (κ3) is 13.7. The maximum atomic E-state index is 14.0. The minimum atomic E-state index is -1.26. The molecule has 0 saturated heterocycles. The molecular formula is C37H55FN4O5. The number of terminal acetylenes is 2. The lowest BCUT2D eigenvalue weighted by Crippen LogP contribution is -2.57. The van der Waals surface area contributed by atoms with Crippen LogP contribution >= 0.6 is 0 Å². The Balaban J connectivity index is 2.31. The van der Waals surface area contributed by atoms with Gasteiger partial charge in [0.15, 0.2) is 0 Å². The number of nitrogens with one attached hydrogen (secondary N) is 2.